The molecular weight excluding hydrogens is 112 g/mol. The average molecular weight is 130 g/mol. The summed E-state index contributed by atoms with van der Waals surface area (Å²) in [4.78, 5) is 0. The smallest absolute Gasteiger partial charge is 0.00201 e. The summed E-state index contributed by atoms with van der Waals surface area (Å²) >= 11 is 0. The molecule has 1 unspecified atom stereocenters. The molecule has 0 radical (unpaired) electrons. The molecule has 0 saturated carbocycles. The first-order valence-electron chi connectivity index (χ1n) is 3.72. The standard InChI is InChI=1S/C6H13N.CH5N/c1-2-6-3-4-7-5-6;1-2/h6-7H,2-5H2,1H3;2H2,1H3. The van der Waals surface area contributed by atoms with Crippen molar-refractivity contribution in [2.75, 3.05) is 20.1 Å². The lowest BCUT2D eigenvalue weighted by Crippen LogP contribution is -2.07. The van der Waals surface area contributed by atoms with Gasteiger partial charge in [0.2, 0.25) is 0 Å². The van der Waals surface area contributed by atoms with E-state index in [1.165, 1.54) is 33.0 Å². The summed E-state index contributed by atoms with van der Waals surface area (Å²) in [5.74, 6) is 0.986. The van der Waals surface area contributed by atoms with Crippen molar-refractivity contribution in [3.8, 4) is 0 Å². The minimum atomic E-state index is 0.986. The highest BCUT2D eigenvalue weighted by Gasteiger charge is 2.10. The van der Waals surface area contributed by atoms with Crippen LogP contribution >= 0.6 is 0 Å². The van der Waals surface area contributed by atoms with E-state index in [0.717, 1.165) is 5.92 Å². The topological polar surface area (TPSA) is 38.0 Å². The van der Waals surface area contributed by atoms with Crippen LogP contribution in [0.4, 0.5) is 0 Å². The van der Waals surface area contributed by atoms with Gasteiger partial charge in [-0.1, -0.05) is 13.3 Å². The fourth-order valence-electron chi connectivity index (χ4n) is 1.06. The van der Waals surface area contributed by atoms with Gasteiger partial charge in [-0.3, -0.25) is 0 Å². The second-order valence-corrected chi connectivity index (χ2v) is 2.27. The molecule has 0 aromatic heterocycles. The first-order valence-corrected chi connectivity index (χ1v) is 3.72. The molecule has 2 nitrogen and oxygen atoms in total. The Morgan fingerprint density at radius 3 is 2.44 bits per heavy atom. The second kappa shape index (κ2) is 6.05. The monoisotopic (exact) mass is 130 g/mol. The quantitative estimate of drug-likeness (QED) is 0.545. The number of hydrogen-bond acceptors (Lipinski definition) is 2. The maximum Gasteiger partial charge on any atom is -0.00201 e. The van der Waals surface area contributed by atoms with E-state index in [1.807, 2.05) is 0 Å². The first-order chi connectivity index (χ1) is 4.43. The SMILES string of the molecule is CCC1CCNC1.CN. The van der Waals surface area contributed by atoms with E-state index >= 15 is 0 Å². The van der Waals surface area contributed by atoms with Gasteiger partial charge in [-0.2, -0.15) is 0 Å². The minimum absolute atomic E-state index is 0.986. The molecule has 0 aliphatic carbocycles. The van der Waals surface area contributed by atoms with Gasteiger partial charge in [0.25, 0.3) is 0 Å². The first kappa shape index (κ1) is 8.92. The van der Waals surface area contributed by atoms with E-state index in [4.69, 9.17) is 0 Å². The molecular formula is C7H18N2. The van der Waals surface area contributed by atoms with Gasteiger partial charge in [0.15, 0.2) is 0 Å². The van der Waals surface area contributed by atoms with Crippen LogP contribution in [0.5, 0.6) is 0 Å². The van der Waals surface area contributed by atoms with Gasteiger partial charge in [-0.05, 0) is 32.5 Å². The van der Waals surface area contributed by atoms with Crippen molar-refractivity contribution in [2.45, 2.75) is 19.8 Å². The number of rotatable bonds is 1. The largest absolute Gasteiger partial charge is 0.333 e. The van der Waals surface area contributed by atoms with Crippen molar-refractivity contribution >= 4 is 0 Å². The van der Waals surface area contributed by atoms with Crippen LogP contribution in [-0.4, -0.2) is 20.1 Å². The lowest BCUT2D eigenvalue weighted by Gasteiger charge is -1.98. The molecule has 2 heteroatoms. The molecule has 1 saturated heterocycles. The lowest BCUT2D eigenvalue weighted by atomic mass is 10.1. The molecule has 0 aromatic rings. The predicted molar refractivity (Wildman–Crippen MR) is 41.4 cm³/mol. The molecule has 0 aromatic carbocycles. The van der Waals surface area contributed by atoms with Gasteiger partial charge in [-0.15, -0.1) is 0 Å². The third kappa shape index (κ3) is 3.49. The van der Waals surface area contributed by atoms with E-state index < -0.39 is 0 Å². The minimum Gasteiger partial charge on any atom is -0.333 e. The highest BCUT2D eigenvalue weighted by atomic mass is 14.9. The summed E-state index contributed by atoms with van der Waals surface area (Å²) in [7, 11) is 1.50. The molecule has 0 amide bonds. The molecule has 9 heavy (non-hydrogen) atoms. The fourth-order valence-corrected chi connectivity index (χ4v) is 1.06. The van der Waals surface area contributed by atoms with Crippen LogP contribution in [0.25, 0.3) is 0 Å². The van der Waals surface area contributed by atoms with Crippen molar-refractivity contribution in [3.05, 3.63) is 0 Å². The summed E-state index contributed by atoms with van der Waals surface area (Å²) in [6.07, 6.45) is 2.75. The Labute approximate surface area is 57.8 Å². The Balaban J connectivity index is 0.000000291. The summed E-state index contributed by atoms with van der Waals surface area (Å²) in [5.41, 5.74) is 4.50. The highest BCUT2D eigenvalue weighted by Crippen LogP contribution is 2.09. The van der Waals surface area contributed by atoms with Crippen LogP contribution in [-0.2, 0) is 0 Å². The van der Waals surface area contributed by atoms with Gasteiger partial charge in [0.1, 0.15) is 0 Å². The molecule has 0 bridgehead atoms. The molecule has 1 fully saturated rings. The zero-order valence-electron chi connectivity index (χ0n) is 6.48. The van der Waals surface area contributed by atoms with Crippen LogP contribution in [0.15, 0.2) is 0 Å². The second-order valence-electron chi connectivity index (χ2n) is 2.27. The van der Waals surface area contributed by atoms with Crippen molar-refractivity contribution in [1.82, 2.24) is 5.32 Å². The Kier molecular flexibility index (Phi) is 5.99. The van der Waals surface area contributed by atoms with Crippen LogP contribution in [0.2, 0.25) is 0 Å². The summed E-state index contributed by atoms with van der Waals surface area (Å²) < 4.78 is 0. The predicted octanol–water partition coefficient (Wildman–Crippen LogP) is 0.581. The number of nitrogens with two attached hydrogens (primary N) is 1. The summed E-state index contributed by atoms with van der Waals surface area (Å²) in [5, 5.41) is 3.32. The Morgan fingerprint density at radius 2 is 2.22 bits per heavy atom. The maximum absolute atomic E-state index is 4.50. The highest BCUT2D eigenvalue weighted by molar-refractivity contribution is 4.68. The van der Waals surface area contributed by atoms with Crippen LogP contribution < -0.4 is 11.1 Å². The van der Waals surface area contributed by atoms with Crippen LogP contribution in [0, 0.1) is 5.92 Å². The summed E-state index contributed by atoms with van der Waals surface area (Å²) in [6, 6.07) is 0. The molecule has 56 valence electrons. The Bertz CT molecular complexity index is 48.9. The van der Waals surface area contributed by atoms with Gasteiger partial charge in [0, 0.05) is 0 Å². The normalized spacial score (nSPS) is 25.0. The zero-order chi connectivity index (χ0) is 7.11. The van der Waals surface area contributed by atoms with E-state index in [-0.39, 0.29) is 0 Å². The van der Waals surface area contributed by atoms with Crippen molar-refractivity contribution in [1.29, 1.82) is 0 Å². The summed E-state index contributed by atoms with van der Waals surface area (Å²) in [6.45, 7) is 4.77. The number of nitrogens with one attached hydrogen (secondary N) is 1. The van der Waals surface area contributed by atoms with Crippen molar-refractivity contribution in [2.24, 2.45) is 11.7 Å². The van der Waals surface area contributed by atoms with Crippen molar-refractivity contribution in [3.63, 3.8) is 0 Å². The van der Waals surface area contributed by atoms with Crippen LogP contribution in [0.3, 0.4) is 0 Å². The third-order valence-corrected chi connectivity index (χ3v) is 1.74. The van der Waals surface area contributed by atoms with Crippen LogP contribution in [0.1, 0.15) is 19.8 Å². The van der Waals surface area contributed by atoms with E-state index in [2.05, 4.69) is 18.0 Å². The Hall–Kier alpha value is -0.0800. The molecule has 3 N–H and O–H groups in total. The molecule has 1 aliphatic heterocycles. The Morgan fingerprint density at radius 1 is 1.56 bits per heavy atom. The molecule has 0 spiro atoms. The van der Waals surface area contributed by atoms with Gasteiger partial charge in [0.05, 0.1) is 0 Å². The molecule has 1 atom stereocenters. The van der Waals surface area contributed by atoms with E-state index in [9.17, 15) is 0 Å². The average Bonchev–Trinajstić information content (AvgIpc) is 2.43. The van der Waals surface area contributed by atoms with E-state index in [0.29, 0.717) is 0 Å². The molecule has 1 aliphatic rings. The molecule has 1 rings (SSSR count). The fraction of sp³-hybridized carbons (Fsp3) is 1.00. The van der Waals surface area contributed by atoms with Gasteiger partial charge < -0.3 is 11.1 Å². The molecule has 1 heterocycles. The third-order valence-electron chi connectivity index (χ3n) is 1.74. The van der Waals surface area contributed by atoms with E-state index in [1.54, 1.807) is 0 Å². The van der Waals surface area contributed by atoms with Gasteiger partial charge >= 0.3 is 0 Å². The number of hydrogen-bond donors (Lipinski definition) is 2. The van der Waals surface area contributed by atoms with Crippen molar-refractivity contribution < 1.29 is 0 Å². The zero-order valence-corrected chi connectivity index (χ0v) is 6.48. The van der Waals surface area contributed by atoms with Gasteiger partial charge in [-0.25, -0.2) is 0 Å². The lowest BCUT2D eigenvalue weighted by molar-refractivity contribution is 0.563. The maximum atomic E-state index is 4.50.